The summed E-state index contributed by atoms with van der Waals surface area (Å²) >= 11 is 0. The number of carbonyl (C=O) groups excluding carboxylic acids is 1. The molecule has 3 unspecified atom stereocenters. The SMILES string of the molecule is CCCC(O)c1ccc(C2=CCC(OC(=O)c3ccc(C4CC=C(c5ccc(O)c(F)c5F)CC4)c(F)c3F)CC2)c(F)c1F. The molecule has 0 spiro atoms. The number of carbonyl (C=O) groups is 1. The Morgan fingerprint density at radius 1 is 0.800 bits per heavy atom. The summed E-state index contributed by atoms with van der Waals surface area (Å²) in [5.41, 5.74) is 0.420. The first kappa shape index (κ1) is 32.3. The Hall–Kier alpha value is -4.05. The van der Waals surface area contributed by atoms with Crippen molar-refractivity contribution in [3.8, 4) is 5.75 Å². The highest BCUT2D eigenvalue weighted by molar-refractivity contribution is 5.90. The Morgan fingerprint density at radius 2 is 1.44 bits per heavy atom. The fourth-order valence-corrected chi connectivity index (χ4v) is 6.06. The van der Waals surface area contributed by atoms with Gasteiger partial charge in [0.05, 0.1) is 11.7 Å². The van der Waals surface area contributed by atoms with Crippen molar-refractivity contribution in [3.63, 3.8) is 0 Å². The van der Waals surface area contributed by atoms with Crippen LogP contribution in [0, 0.1) is 34.9 Å². The minimum Gasteiger partial charge on any atom is -0.505 e. The number of halogens is 6. The van der Waals surface area contributed by atoms with Crippen LogP contribution in [-0.2, 0) is 4.74 Å². The molecule has 0 heterocycles. The first-order chi connectivity index (χ1) is 21.5. The molecule has 0 bridgehead atoms. The van der Waals surface area contributed by atoms with Crippen LogP contribution in [0.15, 0.2) is 48.6 Å². The van der Waals surface area contributed by atoms with Crippen LogP contribution in [0.4, 0.5) is 26.3 Å². The number of benzene rings is 3. The number of hydrogen-bond acceptors (Lipinski definition) is 4. The van der Waals surface area contributed by atoms with E-state index >= 15 is 8.78 Å². The lowest BCUT2D eigenvalue weighted by Crippen LogP contribution is -2.22. The Morgan fingerprint density at radius 3 is 2.07 bits per heavy atom. The largest absolute Gasteiger partial charge is 0.505 e. The molecule has 2 aliphatic carbocycles. The van der Waals surface area contributed by atoms with E-state index in [-0.39, 0.29) is 54.4 Å². The smallest absolute Gasteiger partial charge is 0.341 e. The van der Waals surface area contributed by atoms with Gasteiger partial charge in [-0.3, -0.25) is 0 Å². The maximum absolute atomic E-state index is 15.2. The molecule has 4 nitrogen and oxygen atoms in total. The van der Waals surface area contributed by atoms with Crippen molar-refractivity contribution in [3.05, 3.63) is 111 Å². The number of aliphatic hydroxyl groups excluding tert-OH is 1. The Bertz CT molecular complexity index is 1680. The molecule has 0 saturated heterocycles. The average Bonchev–Trinajstić information content (AvgIpc) is 3.03. The summed E-state index contributed by atoms with van der Waals surface area (Å²) < 4.78 is 93.2. The number of phenols is 1. The minimum absolute atomic E-state index is 0.00405. The standard InChI is InChI=1S/C35H32F6O4/c1-2-3-27(42)25-14-12-22(29(36)32(25)39)20-8-10-21(11-9-20)45-35(44)26-15-13-23(30(37)33(26)40)18-4-6-19(7-5-18)24-16-17-28(43)34(41)31(24)38/h6,8,12-18,21,27,42-43H,2-5,7,9-11H2,1H3. The summed E-state index contributed by atoms with van der Waals surface area (Å²) in [6, 6.07) is 7.56. The molecule has 0 aliphatic heterocycles. The van der Waals surface area contributed by atoms with E-state index in [0.29, 0.717) is 30.4 Å². The van der Waals surface area contributed by atoms with E-state index in [4.69, 9.17) is 4.74 Å². The highest BCUT2D eigenvalue weighted by Gasteiger charge is 2.29. The third-order valence-electron chi connectivity index (χ3n) is 8.61. The average molecular weight is 631 g/mol. The highest BCUT2D eigenvalue weighted by Crippen LogP contribution is 2.40. The van der Waals surface area contributed by atoms with Crippen molar-refractivity contribution in [1.82, 2.24) is 0 Å². The van der Waals surface area contributed by atoms with E-state index in [1.807, 2.05) is 6.92 Å². The third kappa shape index (κ3) is 6.52. The monoisotopic (exact) mass is 630 g/mol. The Balaban J connectivity index is 1.23. The van der Waals surface area contributed by atoms with Crippen LogP contribution >= 0.6 is 0 Å². The summed E-state index contributed by atoms with van der Waals surface area (Å²) in [6.07, 6.45) is 3.80. The zero-order valence-electron chi connectivity index (χ0n) is 24.5. The van der Waals surface area contributed by atoms with Gasteiger partial charge in [0.15, 0.2) is 34.8 Å². The first-order valence-electron chi connectivity index (χ1n) is 14.9. The van der Waals surface area contributed by atoms with E-state index in [0.717, 1.165) is 12.1 Å². The van der Waals surface area contributed by atoms with Gasteiger partial charge in [-0.25, -0.2) is 26.7 Å². The Kier molecular flexibility index (Phi) is 9.72. The van der Waals surface area contributed by atoms with Crippen LogP contribution in [0.3, 0.4) is 0 Å². The fourth-order valence-electron chi connectivity index (χ4n) is 6.06. The van der Waals surface area contributed by atoms with Crippen molar-refractivity contribution < 1.29 is 46.1 Å². The van der Waals surface area contributed by atoms with Crippen LogP contribution in [0.5, 0.6) is 5.75 Å². The van der Waals surface area contributed by atoms with Crippen molar-refractivity contribution >= 4 is 17.1 Å². The van der Waals surface area contributed by atoms with Gasteiger partial charge < -0.3 is 14.9 Å². The second-order valence-corrected chi connectivity index (χ2v) is 11.5. The fraction of sp³-hybridized carbons (Fsp3) is 0.343. The molecule has 3 aromatic carbocycles. The second-order valence-electron chi connectivity index (χ2n) is 11.5. The molecule has 3 aromatic rings. The zero-order valence-corrected chi connectivity index (χ0v) is 24.5. The maximum Gasteiger partial charge on any atom is 0.341 e. The Labute approximate surface area is 256 Å². The number of esters is 1. The van der Waals surface area contributed by atoms with Crippen molar-refractivity contribution in [1.29, 1.82) is 0 Å². The predicted octanol–water partition coefficient (Wildman–Crippen LogP) is 9.20. The van der Waals surface area contributed by atoms with Gasteiger partial charge in [-0.2, -0.15) is 4.39 Å². The molecular weight excluding hydrogens is 598 g/mol. The molecular formula is C35H32F6O4. The van der Waals surface area contributed by atoms with Crippen molar-refractivity contribution in [2.24, 2.45) is 0 Å². The van der Waals surface area contributed by atoms with E-state index in [2.05, 4.69) is 0 Å². The topological polar surface area (TPSA) is 66.8 Å². The molecule has 2 N–H and O–H groups in total. The molecule has 238 valence electrons. The van der Waals surface area contributed by atoms with E-state index in [1.54, 1.807) is 12.2 Å². The second kappa shape index (κ2) is 13.5. The third-order valence-corrected chi connectivity index (χ3v) is 8.61. The normalized spacial score (nSPS) is 19.1. The van der Waals surface area contributed by atoms with Crippen LogP contribution < -0.4 is 0 Å². The summed E-state index contributed by atoms with van der Waals surface area (Å²) in [5.74, 6) is -9.56. The molecule has 45 heavy (non-hydrogen) atoms. The first-order valence-corrected chi connectivity index (χ1v) is 14.9. The van der Waals surface area contributed by atoms with Crippen LogP contribution in [0.25, 0.3) is 11.1 Å². The number of hydrogen-bond donors (Lipinski definition) is 2. The van der Waals surface area contributed by atoms with Crippen LogP contribution in [-0.4, -0.2) is 22.3 Å². The molecule has 0 saturated carbocycles. The van der Waals surface area contributed by atoms with E-state index < -0.39 is 70.3 Å². The van der Waals surface area contributed by atoms with Crippen molar-refractivity contribution in [2.75, 3.05) is 0 Å². The molecule has 0 amide bonds. The lowest BCUT2D eigenvalue weighted by Gasteiger charge is -2.25. The van der Waals surface area contributed by atoms with Crippen LogP contribution in [0.2, 0.25) is 0 Å². The van der Waals surface area contributed by atoms with Gasteiger partial charge in [-0.1, -0.05) is 43.7 Å². The molecule has 0 radical (unpaired) electrons. The van der Waals surface area contributed by atoms with E-state index in [1.165, 1.54) is 24.3 Å². The van der Waals surface area contributed by atoms with Gasteiger partial charge in [-0.05, 0) is 79.4 Å². The number of ether oxygens (including phenoxy) is 1. The van der Waals surface area contributed by atoms with Gasteiger partial charge in [-0.15, -0.1) is 0 Å². The molecule has 5 rings (SSSR count). The summed E-state index contributed by atoms with van der Waals surface area (Å²) in [6.45, 7) is 1.82. The number of rotatable bonds is 8. The molecule has 0 aromatic heterocycles. The van der Waals surface area contributed by atoms with Crippen molar-refractivity contribution in [2.45, 2.75) is 76.4 Å². The maximum atomic E-state index is 15.2. The quantitative estimate of drug-likeness (QED) is 0.192. The van der Waals surface area contributed by atoms with Gasteiger partial charge in [0, 0.05) is 23.1 Å². The molecule has 2 aliphatic rings. The molecule has 0 fully saturated rings. The molecule has 3 atom stereocenters. The zero-order chi connectivity index (χ0) is 32.4. The van der Waals surface area contributed by atoms with Gasteiger partial charge in [0.25, 0.3) is 0 Å². The van der Waals surface area contributed by atoms with Gasteiger partial charge >= 0.3 is 5.97 Å². The summed E-state index contributed by atoms with van der Waals surface area (Å²) in [4.78, 5) is 12.8. The number of phenolic OH excluding ortho intramolecular Hbond substituents is 1. The van der Waals surface area contributed by atoms with Gasteiger partial charge in [0.2, 0.25) is 5.82 Å². The van der Waals surface area contributed by atoms with Crippen LogP contribution in [0.1, 0.15) is 103 Å². The summed E-state index contributed by atoms with van der Waals surface area (Å²) in [7, 11) is 0. The lowest BCUT2D eigenvalue weighted by molar-refractivity contribution is 0.0278. The van der Waals surface area contributed by atoms with E-state index in [9.17, 15) is 32.6 Å². The summed E-state index contributed by atoms with van der Waals surface area (Å²) in [5, 5.41) is 19.4. The number of aromatic hydroxyl groups is 1. The predicted molar refractivity (Wildman–Crippen MR) is 156 cm³/mol. The van der Waals surface area contributed by atoms with Gasteiger partial charge in [0.1, 0.15) is 6.10 Å². The minimum atomic E-state index is -1.35. The highest BCUT2D eigenvalue weighted by atomic mass is 19.2. The number of allylic oxidation sites excluding steroid dienone is 3. The number of aliphatic hydroxyl groups is 1. The lowest BCUT2D eigenvalue weighted by atomic mass is 9.82. The molecule has 10 heteroatoms.